The minimum Gasteiger partial charge on any atom is -0.316 e. The first-order valence-corrected chi connectivity index (χ1v) is 5.34. The topological polar surface area (TPSA) is 12.0 Å². The summed E-state index contributed by atoms with van der Waals surface area (Å²) in [4.78, 5) is 0. The normalized spacial score (nSPS) is 12.9. The summed E-state index contributed by atoms with van der Waals surface area (Å²) < 4.78 is 35.2. The molecule has 0 aliphatic heterocycles. The van der Waals surface area contributed by atoms with Gasteiger partial charge in [0, 0.05) is 6.42 Å². The first-order valence-electron chi connectivity index (χ1n) is 5.34. The van der Waals surface area contributed by atoms with Crippen molar-refractivity contribution in [3.63, 3.8) is 0 Å². The highest BCUT2D eigenvalue weighted by molar-refractivity contribution is 4.82. The molecule has 4 heteroatoms. The molecule has 90 valence electrons. The zero-order chi connectivity index (χ0) is 11.7. The Labute approximate surface area is 89.7 Å². The van der Waals surface area contributed by atoms with E-state index < -0.39 is 12.6 Å². The predicted octanol–water partition coefficient (Wildman–Crippen LogP) is 3.52. The van der Waals surface area contributed by atoms with E-state index in [0.29, 0.717) is 5.92 Å². The third-order valence-corrected chi connectivity index (χ3v) is 1.80. The van der Waals surface area contributed by atoms with Crippen LogP contribution in [0, 0.1) is 5.92 Å². The summed E-state index contributed by atoms with van der Waals surface area (Å²) in [6, 6.07) is 0. The molecule has 0 saturated heterocycles. The van der Waals surface area contributed by atoms with E-state index in [1.807, 2.05) is 0 Å². The molecule has 0 saturated carbocycles. The summed E-state index contributed by atoms with van der Waals surface area (Å²) in [6.07, 6.45) is -0.453. The van der Waals surface area contributed by atoms with Crippen molar-refractivity contribution in [1.29, 1.82) is 0 Å². The van der Waals surface area contributed by atoms with Gasteiger partial charge in [-0.25, -0.2) is 0 Å². The van der Waals surface area contributed by atoms with Crippen LogP contribution in [0.5, 0.6) is 0 Å². The van der Waals surface area contributed by atoms with Gasteiger partial charge in [-0.3, -0.25) is 0 Å². The molecule has 0 bridgehead atoms. The molecule has 0 aliphatic carbocycles. The largest absolute Gasteiger partial charge is 0.389 e. The van der Waals surface area contributed by atoms with Crippen molar-refractivity contribution in [2.24, 2.45) is 5.92 Å². The third kappa shape index (κ3) is 13.5. The molecular weight excluding hydrogens is 203 g/mol. The Morgan fingerprint density at radius 3 is 2.27 bits per heavy atom. The Morgan fingerprint density at radius 1 is 1.13 bits per heavy atom. The van der Waals surface area contributed by atoms with Gasteiger partial charge in [-0.05, 0) is 31.8 Å². The first-order chi connectivity index (χ1) is 6.92. The van der Waals surface area contributed by atoms with Crippen molar-refractivity contribution < 1.29 is 13.2 Å². The van der Waals surface area contributed by atoms with Crippen molar-refractivity contribution in [3.8, 4) is 0 Å². The number of hydrogen-bond acceptors (Lipinski definition) is 1. The molecule has 0 unspecified atom stereocenters. The molecule has 0 heterocycles. The minimum atomic E-state index is -4.03. The maximum Gasteiger partial charge on any atom is 0.389 e. The van der Waals surface area contributed by atoms with Gasteiger partial charge in [0.15, 0.2) is 0 Å². The highest BCUT2D eigenvalue weighted by Gasteiger charge is 2.25. The highest BCUT2D eigenvalue weighted by Crippen LogP contribution is 2.21. The molecule has 15 heavy (non-hydrogen) atoms. The molecule has 0 aliphatic rings. The summed E-state index contributed by atoms with van der Waals surface area (Å²) in [5, 5.41) is 3.22. The number of alkyl halides is 3. The summed E-state index contributed by atoms with van der Waals surface area (Å²) in [5.74, 6) is 0.610. The van der Waals surface area contributed by atoms with Crippen molar-refractivity contribution in [2.75, 3.05) is 13.1 Å². The molecule has 0 aromatic rings. The zero-order valence-corrected chi connectivity index (χ0v) is 9.40. The Kier molecular flexibility index (Phi) is 7.48. The van der Waals surface area contributed by atoms with E-state index in [0.717, 1.165) is 19.5 Å². The zero-order valence-electron chi connectivity index (χ0n) is 9.40. The molecule has 1 N–H and O–H groups in total. The van der Waals surface area contributed by atoms with Gasteiger partial charge in [0.1, 0.15) is 0 Å². The van der Waals surface area contributed by atoms with E-state index in [1.54, 1.807) is 12.2 Å². The molecule has 0 aromatic heterocycles. The molecule has 0 radical (unpaired) electrons. The van der Waals surface area contributed by atoms with Crippen molar-refractivity contribution in [2.45, 2.75) is 39.3 Å². The van der Waals surface area contributed by atoms with Gasteiger partial charge in [-0.2, -0.15) is 13.2 Å². The van der Waals surface area contributed by atoms with Gasteiger partial charge >= 0.3 is 6.18 Å². The standard InChI is InChI=1S/C11H20F3N/c1-10(2)9-15-8-6-4-3-5-7-11(12,13)14/h3-4,10,15H,5-9H2,1-2H3. The quantitative estimate of drug-likeness (QED) is 0.514. The first kappa shape index (κ1) is 14.5. The fourth-order valence-electron chi connectivity index (χ4n) is 1.06. The Morgan fingerprint density at radius 2 is 1.73 bits per heavy atom. The van der Waals surface area contributed by atoms with Crippen LogP contribution in [0.1, 0.15) is 33.1 Å². The predicted molar refractivity (Wildman–Crippen MR) is 56.8 cm³/mol. The van der Waals surface area contributed by atoms with Crippen molar-refractivity contribution in [1.82, 2.24) is 5.32 Å². The molecular formula is C11H20F3N. The second-order valence-electron chi connectivity index (χ2n) is 4.01. The lowest BCUT2D eigenvalue weighted by molar-refractivity contribution is -0.133. The summed E-state index contributed by atoms with van der Waals surface area (Å²) in [7, 11) is 0. The fourth-order valence-corrected chi connectivity index (χ4v) is 1.06. The van der Waals surface area contributed by atoms with Crippen LogP contribution in [-0.2, 0) is 0 Å². The van der Waals surface area contributed by atoms with Crippen LogP contribution in [0.3, 0.4) is 0 Å². The van der Waals surface area contributed by atoms with Gasteiger partial charge in [-0.15, -0.1) is 0 Å². The van der Waals surface area contributed by atoms with Gasteiger partial charge in [0.05, 0.1) is 0 Å². The summed E-state index contributed by atoms with van der Waals surface area (Å²) in [6.45, 7) is 6.02. The van der Waals surface area contributed by atoms with E-state index >= 15 is 0 Å². The second kappa shape index (κ2) is 7.74. The maximum atomic E-state index is 11.7. The SMILES string of the molecule is CC(C)CNCCC=CCCC(F)(F)F. The lowest BCUT2D eigenvalue weighted by Crippen LogP contribution is -2.20. The molecule has 0 aromatic carbocycles. The number of halogens is 3. The lowest BCUT2D eigenvalue weighted by Gasteiger charge is -2.05. The van der Waals surface area contributed by atoms with E-state index in [-0.39, 0.29) is 6.42 Å². The number of nitrogens with one attached hydrogen (secondary N) is 1. The smallest absolute Gasteiger partial charge is 0.316 e. The van der Waals surface area contributed by atoms with Crippen LogP contribution in [0.15, 0.2) is 12.2 Å². The molecule has 0 fully saturated rings. The molecule has 1 nitrogen and oxygen atoms in total. The third-order valence-electron chi connectivity index (χ3n) is 1.80. The average Bonchev–Trinajstić information content (AvgIpc) is 2.07. The van der Waals surface area contributed by atoms with Crippen LogP contribution in [0.4, 0.5) is 13.2 Å². The fraction of sp³-hybridized carbons (Fsp3) is 0.818. The van der Waals surface area contributed by atoms with E-state index in [9.17, 15) is 13.2 Å². The van der Waals surface area contributed by atoms with Crippen molar-refractivity contribution >= 4 is 0 Å². The van der Waals surface area contributed by atoms with Crippen molar-refractivity contribution in [3.05, 3.63) is 12.2 Å². The monoisotopic (exact) mass is 223 g/mol. The number of allylic oxidation sites excluding steroid dienone is 1. The van der Waals surface area contributed by atoms with Crippen LogP contribution in [0.25, 0.3) is 0 Å². The second-order valence-corrected chi connectivity index (χ2v) is 4.01. The Bertz CT molecular complexity index is 173. The van der Waals surface area contributed by atoms with Gasteiger partial charge in [0.2, 0.25) is 0 Å². The van der Waals surface area contributed by atoms with Crippen LogP contribution < -0.4 is 5.32 Å². The van der Waals surface area contributed by atoms with Gasteiger partial charge in [-0.1, -0.05) is 26.0 Å². The average molecular weight is 223 g/mol. The number of rotatable bonds is 7. The van der Waals surface area contributed by atoms with Crippen LogP contribution in [-0.4, -0.2) is 19.3 Å². The van der Waals surface area contributed by atoms with E-state index in [4.69, 9.17) is 0 Å². The van der Waals surface area contributed by atoms with Gasteiger partial charge in [0.25, 0.3) is 0 Å². The Balaban J connectivity index is 3.25. The van der Waals surface area contributed by atoms with E-state index in [2.05, 4.69) is 19.2 Å². The van der Waals surface area contributed by atoms with Crippen LogP contribution in [0.2, 0.25) is 0 Å². The summed E-state index contributed by atoms with van der Waals surface area (Å²) in [5.41, 5.74) is 0. The Hall–Kier alpha value is -0.510. The molecule has 0 amide bonds. The van der Waals surface area contributed by atoms with E-state index in [1.165, 1.54) is 0 Å². The maximum absolute atomic E-state index is 11.7. The van der Waals surface area contributed by atoms with Crippen LogP contribution >= 0.6 is 0 Å². The molecule has 0 rings (SSSR count). The molecule has 0 spiro atoms. The lowest BCUT2D eigenvalue weighted by atomic mass is 10.2. The minimum absolute atomic E-state index is 0.0910. The highest BCUT2D eigenvalue weighted by atomic mass is 19.4. The number of hydrogen-bond donors (Lipinski definition) is 1. The summed E-state index contributed by atoms with van der Waals surface area (Å²) >= 11 is 0. The van der Waals surface area contributed by atoms with Gasteiger partial charge < -0.3 is 5.32 Å². The molecule has 0 atom stereocenters.